The Labute approximate surface area is 257 Å². The summed E-state index contributed by atoms with van der Waals surface area (Å²) >= 11 is 0. The summed E-state index contributed by atoms with van der Waals surface area (Å²) in [6.45, 7) is 6.73. The van der Waals surface area contributed by atoms with Crippen LogP contribution in [0.15, 0.2) is 66.8 Å². The van der Waals surface area contributed by atoms with Crippen molar-refractivity contribution in [3.63, 3.8) is 0 Å². The average molecular weight is 601 g/mol. The first-order valence-corrected chi connectivity index (χ1v) is 14.1. The number of aromatic nitrogens is 4. The molecule has 0 atom stereocenters. The van der Waals surface area contributed by atoms with E-state index in [-0.39, 0.29) is 0 Å². The van der Waals surface area contributed by atoms with Gasteiger partial charge in [-0.2, -0.15) is 4.98 Å². The van der Waals surface area contributed by atoms with Crippen LogP contribution in [0.4, 0.5) is 16.6 Å². The van der Waals surface area contributed by atoms with Crippen LogP contribution >= 0.6 is 0 Å². The summed E-state index contributed by atoms with van der Waals surface area (Å²) in [6.07, 6.45) is 6.48. The second-order valence-electron chi connectivity index (χ2n) is 11.1. The van der Waals surface area contributed by atoms with E-state index in [2.05, 4.69) is 30.9 Å². The third kappa shape index (κ3) is 9.16. The number of nitrogens with zero attached hydrogens (tertiary/aromatic N) is 5. The van der Waals surface area contributed by atoms with Gasteiger partial charge in [0.1, 0.15) is 17.3 Å². The number of hydrazine groups is 1. The van der Waals surface area contributed by atoms with Gasteiger partial charge < -0.3 is 30.8 Å². The van der Waals surface area contributed by atoms with Gasteiger partial charge in [0.25, 0.3) is 0 Å². The van der Waals surface area contributed by atoms with Crippen molar-refractivity contribution in [3.05, 3.63) is 72.4 Å². The molecule has 0 spiro atoms. The molecule has 0 saturated heterocycles. The molecule has 4 rings (SSSR count). The third-order valence-electron chi connectivity index (χ3n) is 6.28. The molecule has 13 heteroatoms. The number of carbonyl (C=O) groups excluding carboxylic acids is 1. The lowest BCUT2D eigenvalue weighted by molar-refractivity contribution is 0.243. The number of allylic oxidation sites excluding steroid dienone is 1. The summed E-state index contributed by atoms with van der Waals surface area (Å²) in [4.78, 5) is 30.9. The molecule has 3 heterocycles. The average Bonchev–Trinajstić information content (AvgIpc) is 2.98. The lowest BCUT2D eigenvalue weighted by Crippen LogP contribution is -2.43. The summed E-state index contributed by atoms with van der Waals surface area (Å²) < 4.78 is 10.9. The van der Waals surface area contributed by atoms with Gasteiger partial charge in [0.2, 0.25) is 5.95 Å². The van der Waals surface area contributed by atoms with Crippen molar-refractivity contribution in [1.29, 1.82) is 0 Å². The summed E-state index contributed by atoms with van der Waals surface area (Å²) in [5.74, 6) is 7.99. The number of rotatable bonds is 12. The molecule has 4 aromatic rings. The molecule has 0 aliphatic rings. The number of fused-ring (bicyclic) bond motifs is 1. The first-order valence-electron chi connectivity index (χ1n) is 14.1. The van der Waals surface area contributed by atoms with E-state index in [0.29, 0.717) is 65.1 Å². The zero-order valence-corrected chi connectivity index (χ0v) is 25.7. The maximum atomic E-state index is 12.9. The second kappa shape index (κ2) is 14.3. The molecule has 0 radical (unpaired) electrons. The van der Waals surface area contributed by atoms with Crippen molar-refractivity contribution in [1.82, 2.24) is 30.3 Å². The number of hydrogen-bond donors (Lipinski definition) is 5. The molecule has 0 aliphatic carbocycles. The number of methoxy groups -OCH3 is 2. The molecule has 1 aromatic carbocycles. The standard InChI is InChI=1S/C31H40N10O3/c1-31(2,3)40-30(42)39-28-26(20-13-24(43-4)16-25(14-20)44-5)15-21-17-36-29(38-27(21)37-28)35-12-8-9-22(32)18-41(33)19-23-10-6-7-11-34-23/h6-7,10-11,13-18H,8-9,12,19,32-33H2,1-5H3,(H3,35,36,37,38,39,40,42)/b22-18-. The van der Waals surface area contributed by atoms with Gasteiger partial charge in [-0.05, 0) is 69.5 Å². The van der Waals surface area contributed by atoms with E-state index in [4.69, 9.17) is 26.0 Å². The maximum absolute atomic E-state index is 12.9. The van der Waals surface area contributed by atoms with Gasteiger partial charge in [-0.3, -0.25) is 10.3 Å². The van der Waals surface area contributed by atoms with Crippen LogP contribution in [0.1, 0.15) is 39.3 Å². The van der Waals surface area contributed by atoms with Gasteiger partial charge in [-0.25, -0.2) is 20.6 Å². The van der Waals surface area contributed by atoms with Crippen LogP contribution in [0.3, 0.4) is 0 Å². The van der Waals surface area contributed by atoms with E-state index in [1.807, 2.05) is 57.2 Å². The Kier molecular flexibility index (Phi) is 10.3. The normalized spacial score (nSPS) is 11.6. The highest BCUT2D eigenvalue weighted by Gasteiger charge is 2.18. The Bertz CT molecular complexity index is 1580. The molecular weight excluding hydrogens is 560 g/mol. The zero-order chi connectivity index (χ0) is 31.7. The van der Waals surface area contributed by atoms with Crippen molar-refractivity contribution < 1.29 is 14.3 Å². The Morgan fingerprint density at radius 3 is 2.45 bits per heavy atom. The van der Waals surface area contributed by atoms with Gasteiger partial charge in [0.05, 0.1) is 26.5 Å². The predicted molar refractivity (Wildman–Crippen MR) is 172 cm³/mol. The fourth-order valence-corrected chi connectivity index (χ4v) is 4.30. The fraction of sp³-hybridized carbons (Fsp3) is 0.323. The van der Waals surface area contributed by atoms with Gasteiger partial charge in [-0.1, -0.05) is 6.07 Å². The molecule has 232 valence electrons. The van der Waals surface area contributed by atoms with Crippen molar-refractivity contribution in [2.45, 2.75) is 45.7 Å². The van der Waals surface area contributed by atoms with Crippen molar-refractivity contribution in [2.75, 3.05) is 31.4 Å². The molecule has 7 N–H and O–H groups in total. The highest BCUT2D eigenvalue weighted by Crippen LogP contribution is 2.35. The van der Waals surface area contributed by atoms with Crippen molar-refractivity contribution in [3.8, 4) is 22.6 Å². The summed E-state index contributed by atoms with van der Waals surface area (Å²) in [6, 6.07) is 12.6. The largest absolute Gasteiger partial charge is 0.497 e. The lowest BCUT2D eigenvalue weighted by Gasteiger charge is -2.21. The maximum Gasteiger partial charge on any atom is 0.320 e. The molecule has 3 aromatic heterocycles. The number of anilines is 2. The van der Waals surface area contributed by atoms with Crippen LogP contribution in [-0.2, 0) is 6.54 Å². The first-order chi connectivity index (χ1) is 21.0. The van der Waals surface area contributed by atoms with E-state index in [1.54, 1.807) is 38.9 Å². The molecule has 0 aliphatic heterocycles. The Morgan fingerprint density at radius 1 is 1.05 bits per heavy atom. The first kappa shape index (κ1) is 31.8. The van der Waals surface area contributed by atoms with Gasteiger partial charge in [-0.15, -0.1) is 0 Å². The van der Waals surface area contributed by atoms with Crippen LogP contribution < -0.4 is 37.0 Å². The number of benzene rings is 1. The SMILES string of the molecule is COc1cc(OC)cc(-c2cc3cnc(NCCC/C(N)=C/N(N)Cc4ccccn4)nc3nc2NC(=O)NC(C)(C)C)c1. The zero-order valence-electron chi connectivity index (χ0n) is 25.7. The number of carbonyl (C=O) groups is 1. The minimum atomic E-state index is -0.445. The topological polar surface area (TPSA) is 178 Å². The smallest absolute Gasteiger partial charge is 0.320 e. The molecule has 0 bridgehead atoms. The van der Waals surface area contributed by atoms with Gasteiger partial charge in [0.15, 0.2) is 5.65 Å². The van der Waals surface area contributed by atoms with Crippen molar-refractivity contribution >= 4 is 28.8 Å². The minimum absolute atomic E-state index is 0.328. The highest BCUT2D eigenvalue weighted by atomic mass is 16.5. The van der Waals surface area contributed by atoms with Crippen LogP contribution in [-0.4, -0.2) is 57.3 Å². The lowest BCUT2D eigenvalue weighted by atomic mass is 10.0. The molecule has 2 amide bonds. The summed E-state index contributed by atoms with van der Waals surface area (Å²) in [5, 5.41) is 11.2. The van der Waals surface area contributed by atoms with E-state index in [0.717, 1.165) is 17.7 Å². The number of ether oxygens (including phenoxy) is 2. The highest BCUT2D eigenvalue weighted by molar-refractivity contribution is 5.96. The Morgan fingerprint density at radius 2 is 1.80 bits per heavy atom. The number of nitrogens with one attached hydrogen (secondary N) is 3. The molecule has 0 fully saturated rings. The van der Waals surface area contributed by atoms with Gasteiger partial charge in [0, 0.05) is 53.4 Å². The monoisotopic (exact) mass is 600 g/mol. The van der Waals surface area contributed by atoms with E-state index < -0.39 is 11.6 Å². The van der Waals surface area contributed by atoms with E-state index in [9.17, 15) is 4.79 Å². The fourth-order valence-electron chi connectivity index (χ4n) is 4.30. The number of pyridine rings is 2. The quantitative estimate of drug-likeness (QED) is 0.0884. The molecule has 13 nitrogen and oxygen atoms in total. The molecule has 0 saturated carbocycles. The third-order valence-corrected chi connectivity index (χ3v) is 6.28. The Hall–Kier alpha value is -5.17. The van der Waals surface area contributed by atoms with Crippen LogP contribution in [0.2, 0.25) is 0 Å². The number of urea groups is 1. The summed E-state index contributed by atoms with van der Waals surface area (Å²) in [7, 11) is 3.16. The van der Waals surface area contributed by atoms with Gasteiger partial charge >= 0.3 is 6.03 Å². The second-order valence-corrected chi connectivity index (χ2v) is 11.1. The number of hydrogen-bond acceptors (Lipinski definition) is 11. The summed E-state index contributed by atoms with van der Waals surface area (Å²) in [5.41, 5.74) is 9.04. The Balaban J connectivity index is 1.50. The van der Waals surface area contributed by atoms with Crippen LogP contribution in [0.25, 0.3) is 22.2 Å². The predicted octanol–water partition coefficient (Wildman–Crippen LogP) is 4.39. The van der Waals surface area contributed by atoms with E-state index in [1.165, 1.54) is 5.01 Å². The number of amides is 2. The molecular formula is C31H40N10O3. The van der Waals surface area contributed by atoms with Crippen LogP contribution in [0.5, 0.6) is 11.5 Å². The molecule has 44 heavy (non-hydrogen) atoms. The minimum Gasteiger partial charge on any atom is -0.497 e. The van der Waals surface area contributed by atoms with Crippen LogP contribution in [0, 0.1) is 0 Å². The van der Waals surface area contributed by atoms with E-state index >= 15 is 0 Å². The number of nitrogens with two attached hydrogens (primary N) is 2. The molecule has 0 unspecified atom stereocenters. The van der Waals surface area contributed by atoms with Crippen molar-refractivity contribution in [2.24, 2.45) is 11.6 Å².